The lowest BCUT2D eigenvalue weighted by molar-refractivity contribution is 1.29. The summed E-state index contributed by atoms with van der Waals surface area (Å²) in [5, 5.41) is 3.14. The van der Waals surface area contributed by atoms with Gasteiger partial charge in [-0.1, -0.05) is 108 Å². The summed E-state index contributed by atoms with van der Waals surface area (Å²) >= 11 is 0. The van der Waals surface area contributed by atoms with E-state index in [9.17, 15) is 0 Å². The van der Waals surface area contributed by atoms with Gasteiger partial charge in [-0.3, -0.25) is 0 Å². The molecular weight excluding hydrogens is 332 g/mol. The molecule has 0 aliphatic carbocycles. The summed E-state index contributed by atoms with van der Waals surface area (Å²) in [6, 6.07) is 20.9. The fourth-order valence-corrected chi connectivity index (χ4v) is 8.40. The molecule has 2 rings (SSSR count). The predicted octanol–water partition coefficient (Wildman–Crippen LogP) is 5.78. The first-order valence-corrected chi connectivity index (χ1v) is 15.8. The largest absolute Gasteiger partial charge is 0.0882 e. The molecule has 0 unspecified atom stereocenters. The molecule has 25 heavy (non-hydrogen) atoms. The molecule has 2 heteroatoms. The van der Waals surface area contributed by atoms with Gasteiger partial charge in [-0.2, -0.15) is 0 Å². The summed E-state index contributed by atoms with van der Waals surface area (Å²) in [6.07, 6.45) is 2.54. The molecule has 0 saturated heterocycles. The van der Waals surface area contributed by atoms with Crippen LogP contribution >= 0.6 is 0 Å². The summed E-state index contributed by atoms with van der Waals surface area (Å²) < 4.78 is 0. The Hall–Kier alpha value is -1.39. The van der Waals surface area contributed by atoms with Crippen LogP contribution in [0, 0.1) is 13.8 Å². The molecule has 0 aliphatic rings. The molecule has 0 saturated carbocycles. The lowest BCUT2D eigenvalue weighted by Crippen LogP contribution is -2.42. The SMILES string of the molecule is C/C(=C\C[Si](C)(C)c1ccc(C)cc1)C[Si](C)(C)c1ccc(C)cc1. The van der Waals surface area contributed by atoms with E-state index in [1.165, 1.54) is 23.2 Å². The van der Waals surface area contributed by atoms with Crippen molar-refractivity contribution in [1.82, 2.24) is 0 Å². The first-order chi connectivity index (χ1) is 11.6. The zero-order valence-corrected chi connectivity index (χ0v) is 19.1. The Kier molecular flexibility index (Phi) is 6.28. The molecular formula is C23H34Si2. The van der Waals surface area contributed by atoms with Gasteiger partial charge >= 0.3 is 0 Å². The minimum absolute atomic E-state index is 1.24. The van der Waals surface area contributed by atoms with Crippen LogP contribution in [0.5, 0.6) is 0 Å². The third-order valence-corrected chi connectivity index (χ3v) is 11.8. The van der Waals surface area contributed by atoms with Gasteiger partial charge in [-0.25, -0.2) is 0 Å². The van der Waals surface area contributed by atoms with Gasteiger partial charge in [0.2, 0.25) is 0 Å². The molecule has 0 fully saturated rings. The van der Waals surface area contributed by atoms with E-state index in [1.807, 2.05) is 0 Å². The number of rotatable bonds is 6. The quantitative estimate of drug-likeness (QED) is 0.449. The van der Waals surface area contributed by atoms with Crippen molar-refractivity contribution in [3.8, 4) is 0 Å². The molecule has 134 valence electrons. The molecule has 0 nitrogen and oxygen atoms in total. The van der Waals surface area contributed by atoms with Crippen LogP contribution < -0.4 is 10.4 Å². The Labute approximate surface area is 157 Å². The van der Waals surface area contributed by atoms with E-state index in [-0.39, 0.29) is 0 Å². The highest BCUT2D eigenvalue weighted by Crippen LogP contribution is 2.20. The van der Waals surface area contributed by atoms with Crippen molar-refractivity contribution in [3.63, 3.8) is 0 Å². The van der Waals surface area contributed by atoms with Crippen molar-refractivity contribution in [2.24, 2.45) is 0 Å². The standard InChI is InChI=1S/C23H34Si2/c1-19-8-12-22(13-9-19)24(4,5)17-16-21(3)18-25(6,7)23-14-10-20(2)11-15-23/h8-16H,17-18H2,1-7H3/b21-16+. The first-order valence-electron chi connectivity index (χ1n) is 9.40. The molecule has 0 spiro atoms. The summed E-state index contributed by atoms with van der Waals surface area (Å²) in [7, 11) is -2.79. The van der Waals surface area contributed by atoms with Gasteiger partial charge in [0, 0.05) is 0 Å². The van der Waals surface area contributed by atoms with E-state index < -0.39 is 16.1 Å². The van der Waals surface area contributed by atoms with Gasteiger partial charge in [0.25, 0.3) is 0 Å². The highest BCUT2D eigenvalue weighted by atomic mass is 28.3. The third-order valence-electron chi connectivity index (χ3n) is 5.35. The fraction of sp³-hybridized carbons (Fsp3) is 0.391. The number of benzene rings is 2. The van der Waals surface area contributed by atoms with E-state index in [0.717, 1.165) is 0 Å². The van der Waals surface area contributed by atoms with Crippen molar-refractivity contribution in [3.05, 3.63) is 71.3 Å². The van der Waals surface area contributed by atoms with Crippen LogP contribution in [0.1, 0.15) is 18.1 Å². The number of aryl methyl sites for hydroxylation is 2. The molecule has 0 N–H and O–H groups in total. The van der Waals surface area contributed by atoms with Gasteiger partial charge < -0.3 is 0 Å². The Morgan fingerprint density at radius 2 is 1.12 bits per heavy atom. The molecule has 2 aromatic rings. The zero-order valence-electron chi connectivity index (χ0n) is 17.1. The highest BCUT2D eigenvalue weighted by molar-refractivity contribution is 6.91. The van der Waals surface area contributed by atoms with Crippen LogP contribution in [0.25, 0.3) is 0 Å². The van der Waals surface area contributed by atoms with E-state index in [1.54, 1.807) is 15.9 Å². The smallest absolute Gasteiger partial charge is 0.0845 e. The molecule has 0 bridgehead atoms. The number of hydrogen-bond donors (Lipinski definition) is 0. The fourth-order valence-electron chi connectivity index (χ4n) is 3.43. The maximum atomic E-state index is 2.54. The van der Waals surface area contributed by atoms with Crippen LogP contribution in [0.3, 0.4) is 0 Å². The Bertz CT molecular complexity index is 720. The lowest BCUT2D eigenvalue weighted by atomic mass is 10.2. The van der Waals surface area contributed by atoms with Gasteiger partial charge in [0.15, 0.2) is 0 Å². The van der Waals surface area contributed by atoms with Crippen LogP contribution in [0.4, 0.5) is 0 Å². The highest BCUT2D eigenvalue weighted by Gasteiger charge is 2.25. The maximum Gasteiger partial charge on any atom is 0.0845 e. The third kappa shape index (κ3) is 5.55. The monoisotopic (exact) mass is 366 g/mol. The van der Waals surface area contributed by atoms with Crippen LogP contribution in [0.15, 0.2) is 60.2 Å². The Morgan fingerprint density at radius 1 is 0.720 bits per heavy atom. The summed E-state index contributed by atoms with van der Waals surface area (Å²) in [5.74, 6) is 0. The van der Waals surface area contributed by atoms with Crippen LogP contribution in [-0.4, -0.2) is 16.1 Å². The molecule has 2 aromatic carbocycles. The van der Waals surface area contributed by atoms with Crippen molar-refractivity contribution in [2.45, 2.75) is 59.0 Å². The molecule has 0 atom stereocenters. The van der Waals surface area contributed by atoms with Crippen molar-refractivity contribution in [2.75, 3.05) is 0 Å². The number of hydrogen-bond acceptors (Lipinski definition) is 0. The van der Waals surface area contributed by atoms with Crippen molar-refractivity contribution < 1.29 is 0 Å². The molecule has 0 heterocycles. The molecule has 0 radical (unpaired) electrons. The van der Waals surface area contributed by atoms with Crippen LogP contribution in [0.2, 0.25) is 38.3 Å². The minimum atomic E-state index is -1.40. The van der Waals surface area contributed by atoms with Gasteiger partial charge in [-0.15, -0.1) is 0 Å². The summed E-state index contributed by atoms with van der Waals surface area (Å²) in [5.41, 5.74) is 4.28. The Balaban J connectivity index is 2.07. The zero-order chi connectivity index (χ0) is 18.7. The first kappa shape index (κ1) is 19.9. The van der Waals surface area contributed by atoms with Gasteiger partial charge in [0.1, 0.15) is 0 Å². The molecule has 0 aromatic heterocycles. The van der Waals surface area contributed by atoms with E-state index in [2.05, 4.69) is 102 Å². The minimum Gasteiger partial charge on any atom is -0.0882 e. The maximum absolute atomic E-state index is 2.54. The van der Waals surface area contributed by atoms with Gasteiger partial charge in [-0.05, 0) is 32.9 Å². The number of allylic oxidation sites excluding steroid dienone is 2. The second-order valence-corrected chi connectivity index (χ2v) is 18.4. The molecule has 0 amide bonds. The topological polar surface area (TPSA) is 0 Å². The second kappa shape index (κ2) is 7.88. The van der Waals surface area contributed by atoms with E-state index in [0.29, 0.717) is 0 Å². The molecule has 0 aliphatic heterocycles. The van der Waals surface area contributed by atoms with Crippen molar-refractivity contribution in [1.29, 1.82) is 0 Å². The average Bonchev–Trinajstić information content (AvgIpc) is 2.53. The Morgan fingerprint density at radius 3 is 1.56 bits per heavy atom. The van der Waals surface area contributed by atoms with E-state index >= 15 is 0 Å². The summed E-state index contributed by atoms with van der Waals surface area (Å²) in [4.78, 5) is 0. The normalized spacial score (nSPS) is 13.2. The van der Waals surface area contributed by atoms with Crippen LogP contribution in [-0.2, 0) is 0 Å². The van der Waals surface area contributed by atoms with E-state index in [4.69, 9.17) is 0 Å². The predicted molar refractivity (Wildman–Crippen MR) is 120 cm³/mol. The second-order valence-electron chi connectivity index (χ2n) is 8.93. The summed E-state index contributed by atoms with van der Waals surface area (Å²) in [6.45, 7) is 16.6. The average molecular weight is 367 g/mol. The lowest BCUT2D eigenvalue weighted by Gasteiger charge is -2.25. The van der Waals surface area contributed by atoms with Crippen molar-refractivity contribution >= 4 is 26.5 Å². The van der Waals surface area contributed by atoms with Gasteiger partial charge in [0.05, 0.1) is 16.1 Å².